The van der Waals surface area contributed by atoms with E-state index in [0.29, 0.717) is 65.3 Å². The van der Waals surface area contributed by atoms with Gasteiger partial charge in [0.1, 0.15) is 24.1 Å². The van der Waals surface area contributed by atoms with Crippen LogP contribution in [-0.2, 0) is 15.5 Å². The van der Waals surface area contributed by atoms with E-state index in [1.807, 2.05) is 36.0 Å². The van der Waals surface area contributed by atoms with Crippen molar-refractivity contribution in [1.29, 1.82) is 0 Å². The maximum atomic E-state index is 11.7. The molecule has 4 atom stereocenters. The van der Waals surface area contributed by atoms with Crippen LogP contribution in [0.4, 0.5) is 11.6 Å². The van der Waals surface area contributed by atoms with Crippen molar-refractivity contribution < 1.29 is 18.4 Å². The van der Waals surface area contributed by atoms with Gasteiger partial charge in [-0.2, -0.15) is 0 Å². The number of morpholine rings is 1. The molecule has 12 nitrogen and oxygen atoms in total. The Morgan fingerprint density at radius 3 is 2.49 bits per heavy atom. The largest absolute Gasteiger partial charge is 0.487 e. The van der Waals surface area contributed by atoms with E-state index in [4.69, 9.17) is 30.9 Å². The molecule has 4 heterocycles. The number of aliphatic imine (C=N–C) groups is 1. The average Bonchev–Trinajstić information content (AvgIpc) is 3.58. The van der Waals surface area contributed by atoms with Crippen LogP contribution in [0.3, 0.4) is 0 Å². The van der Waals surface area contributed by atoms with Gasteiger partial charge in [0, 0.05) is 60.2 Å². The summed E-state index contributed by atoms with van der Waals surface area (Å²) in [7, 11) is 0.746. The number of rotatable bonds is 14. The fraction of sp³-hybridized carbons (Fsp3) is 0.576. The summed E-state index contributed by atoms with van der Waals surface area (Å²) in [5, 5.41) is 11.8. The monoisotopic (exact) mass is 684 g/mol. The molecule has 1 aliphatic carbocycles. The van der Waals surface area contributed by atoms with Gasteiger partial charge in [0.25, 0.3) is 5.88 Å². The van der Waals surface area contributed by atoms with E-state index in [9.17, 15) is 4.21 Å². The van der Waals surface area contributed by atoms with Crippen LogP contribution in [0, 0.1) is 0 Å². The van der Waals surface area contributed by atoms with Crippen molar-refractivity contribution in [2.75, 3.05) is 50.7 Å². The SMILES string of the molecule is CN=CNC[C@H](C)Oc1cc(-c2cnc(Nc3cn(C4CCC(N5[C@@H]6CC[C@H]5COC6)CC4)nc3OCCS(C)=O)nc2)ccc1Cl. The van der Waals surface area contributed by atoms with Crippen LogP contribution in [0.1, 0.15) is 51.5 Å². The standard InChI is InChI=1S/C33H45ClN8O4S/c1-22(15-36-21-35-2)46-31-14-23(4-11-29(31)34)24-16-37-33(38-17-24)39-30-18-41(40-32(30)45-12-13-47(3)43)25-5-7-26(8-6-25)42-27-9-10-28(42)20-44-19-27/h4,11,14,16-18,21-22,25-28H,5-10,12-13,15,19-20H2,1-3H3,(H,35,36)(H,37,38,39)/t22-,25?,26?,27-,28+,47?/m0/s1. The molecule has 3 fully saturated rings. The van der Waals surface area contributed by atoms with E-state index in [-0.39, 0.29) is 12.1 Å². The molecule has 2 N–H and O–H groups in total. The number of fused-ring (bicyclic) bond motifs is 2. The van der Waals surface area contributed by atoms with E-state index >= 15 is 0 Å². The lowest BCUT2D eigenvalue weighted by atomic mass is 9.89. The molecule has 1 unspecified atom stereocenters. The maximum absolute atomic E-state index is 11.7. The predicted molar refractivity (Wildman–Crippen MR) is 186 cm³/mol. The number of nitrogens with one attached hydrogen (secondary N) is 2. The van der Waals surface area contributed by atoms with Gasteiger partial charge in [-0.1, -0.05) is 17.7 Å². The first-order valence-corrected chi connectivity index (χ1v) is 18.5. The van der Waals surface area contributed by atoms with Gasteiger partial charge in [-0.3, -0.25) is 18.8 Å². The molecule has 1 saturated carbocycles. The van der Waals surface area contributed by atoms with Crippen molar-refractivity contribution in [3.05, 3.63) is 41.8 Å². The smallest absolute Gasteiger partial charge is 0.256 e. The van der Waals surface area contributed by atoms with Crippen LogP contribution < -0.4 is 20.1 Å². The first-order chi connectivity index (χ1) is 22.9. The Morgan fingerprint density at radius 1 is 1.09 bits per heavy atom. The second-order valence-corrected chi connectivity index (χ2v) is 14.5. The van der Waals surface area contributed by atoms with Crippen molar-refractivity contribution in [2.45, 2.75) is 75.7 Å². The number of anilines is 2. The molecule has 0 radical (unpaired) electrons. The second kappa shape index (κ2) is 15.8. The van der Waals surface area contributed by atoms with Crippen molar-refractivity contribution in [2.24, 2.45) is 4.99 Å². The molecular formula is C33H45ClN8O4S. The van der Waals surface area contributed by atoms with Gasteiger partial charge in [0.2, 0.25) is 5.95 Å². The summed E-state index contributed by atoms with van der Waals surface area (Å²) in [6, 6.07) is 7.69. The van der Waals surface area contributed by atoms with Gasteiger partial charge in [0.05, 0.1) is 49.1 Å². The van der Waals surface area contributed by atoms with Crippen molar-refractivity contribution in [3.63, 3.8) is 0 Å². The number of benzene rings is 1. The molecule has 3 aromatic rings. The van der Waals surface area contributed by atoms with E-state index in [2.05, 4.69) is 30.5 Å². The Labute approximate surface area is 284 Å². The number of nitrogens with zero attached hydrogens (tertiary/aromatic N) is 6. The summed E-state index contributed by atoms with van der Waals surface area (Å²) in [6.07, 6.45) is 15.6. The van der Waals surface area contributed by atoms with E-state index in [1.54, 1.807) is 32.0 Å². The molecule has 0 spiro atoms. The molecule has 3 aliphatic rings. The topological polar surface area (TPSA) is 128 Å². The Hall–Kier alpha value is -3.26. The quantitative estimate of drug-likeness (QED) is 0.180. The van der Waals surface area contributed by atoms with Crippen LogP contribution in [0.2, 0.25) is 5.02 Å². The summed E-state index contributed by atoms with van der Waals surface area (Å²) in [5.41, 5.74) is 2.39. The number of hydrogen-bond acceptors (Lipinski definition) is 10. The maximum Gasteiger partial charge on any atom is 0.256 e. The molecule has 2 aliphatic heterocycles. The summed E-state index contributed by atoms with van der Waals surface area (Å²) in [6.45, 7) is 4.61. The minimum Gasteiger partial charge on any atom is -0.487 e. The predicted octanol–water partition coefficient (Wildman–Crippen LogP) is 4.86. The fourth-order valence-corrected chi connectivity index (χ4v) is 7.37. The molecule has 2 saturated heterocycles. The van der Waals surface area contributed by atoms with Crippen LogP contribution >= 0.6 is 11.6 Å². The summed E-state index contributed by atoms with van der Waals surface area (Å²) in [4.78, 5) is 15.9. The Balaban J connectivity index is 1.12. The van der Waals surface area contributed by atoms with Gasteiger partial charge in [-0.15, -0.1) is 5.10 Å². The molecule has 1 aromatic carbocycles. The van der Waals surface area contributed by atoms with E-state index < -0.39 is 10.8 Å². The normalized spacial score (nSPS) is 24.3. The minimum atomic E-state index is -0.963. The molecular weight excluding hydrogens is 640 g/mol. The highest BCUT2D eigenvalue weighted by Crippen LogP contribution is 2.39. The molecule has 2 aromatic heterocycles. The first-order valence-electron chi connectivity index (χ1n) is 16.4. The lowest BCUT2D eigenvalue weighted by molar-refractivity contribution is -0.0458. The van der Waals surface area contributed by atoms with Crippen LogP contribution in [0.25, 0.3) is 11.1 Å². The number of aromatic nitrogens is 4. The third-order valence-corrected chi connectivity index (χ3v) is 10.2. The Bertz CT molecular complexity index is 1520. The van der Waals surface area contributed by atoms with Crippen LogP contribution in [0.15, 0.2) is 41.8 Å². The molecule has 2 bridgehead atoms. The molecule has 254 valence electrons. The lowest BCUT2D eigenvalue weighted by Crippen LogP contribution is -2.52. The molecule has 0 amide bonds. The molecule has 47 heavy (non-hydrogen) atoms. The van der Waals surface area contributed by atoms with Gasteiger partial charge in [-0.05, 0) is 63.1 Å². The van der Waals surface area contributed by atoms with Gasteiger partial charge < -0.3 is 24.8 Å². The zero-order valence-corrected chi connectivity index (χ0v) is 28.9. The highest BCUT2D eigenvalue weighted by Gasteiger charge is 2.42. The fourth-order valence-electron chi connectivity index (χ4n) is 6.89. The van der Waals surface area contributed by atoms with Gasteiger partial charge in [-0.25, -0.2) is 9.97 Å². The molecule has 6 rings (SSSR count). The summed E-state index contributed by atoms with van der Waals surface area (Å²) >= 11 is 6.43. The van der Waals surface area contributed by atoms with Crippen molar-refractivity contribution in [3.8, 4) is 22.8 Å². The zero-order valence-electron chi connectivity index (χ0n) is 27.3. The van der Waals surface area contributed by atoms with Gasteiger partial charge in [0.15, 0.2) is 0 Å². The highest BCUT2D eigenvalue weighted by atomic mass is 35.5. The second-order valence-electron chi connectivity index (χ2n) is 12.6. The number of halogens is 1. The summed E-state index contributed by atoms with van der Waals surface area (Å²) in [5.74, 6) is 1.90. The Morgan fingerprint density at radius 2 is 1.79 bits per heavy atom. The highest BCUT2D eigenvalue weighted by molar-refractivity contribution is 7.84. The van der Waals surface area contributed by atoms with E-state index in [1.165, 1.54) is 12.8 Å². The third kappa shape index (κ3) is 8.43. The minimum absolute atomic E-state index is 0.117. The number of ether oxygens (including phenoxy) is 3. The first kappa shape index (κ1) is 33.6. The average molecular weight is 685 g/mol. The number of hydrogen-bond donors (Lipinski definition) is 2. The van der Waals surface area contributed by atoms with Crippen molar-refractivity contribution >= 4 is 40.4 Å². The lowest BCUT2D eigenvalue weighted by Gasteiger charge is -2.43. The third-order valence-electron chi connectivity index (χ3n) is 9.18. The Kier molecular flexibility index (Phi) is 11.3. The van der Waals surface area contributed by atoms with Crippen molar-refractivity contribution in [1.82, 2.24) is 30.0 Å². The van der Waals surface area contributed by atoms with Crippen LogP contribution in [0.5, 0.6) is 11.6 Å². The zero-order chi connectivity index (χ0) is 32.8. The van der Waals surface area contributed by atoms with Gasteiger partial charge >= 0.3 is 0 Å². The van der Waals surface area contributed by atoms with E-state index in [0.717, 1.165) is 50.0 Å². The van der Waals surface area contributed by atoms with Crippen LogP contribution in [-0.4, -0.2) is 105 Å². The molecule has 14 heteroatoms. The summed E-state index contributed by atoms with van der Waals surface area (Å²) < 4.78 is 31.6.